The molecule has 2 rings (SSSR count). The second-order valence-electron chi connectivity index (χ2n) is 5.93. The molecule has 0 radical (unpaired) electrons. The van der Waals surface area contributed by atoms with E-state index in [1.54, 1.807) is 26.0 Å². The van der Waals surface area contributed by atoms with Gasteiger partial charge in [0.05, 0.1) is 4.90 Å². The standard InChI is InChI=1S/C15H21NO4S/c1-10-8-11(2)13(12(3)9-10)21(19,20)16-15(14(17)18)6-4-5-7-15/h8-9,16H,4-7H2,1-3H3,(H,17,18). The summed E-state index contributed by atoms with van der Waals surface area (Å²) in [6, 6.07) is 3.59. The molecule has 0 atom stereocenters. The summed E-state index contributed by atoms with van der Waals surface area (Å²) in [5.74, 6) is -1.09. The fourth-order valence-corrected chi connectivity index (χ4v) is 5.11. The van der Waals surface area contributed by atoms with Gasteiger partial charge in [0, 0.05) is 0 Å². The second-order valence-corrected chi connectivity index (χ2v) is 7.55. The van der Waals surface area contributed by atoms with Crippen molar-refractivity contribution < 1.29 is 18.3 Å². The fourth-order valence-electron chi connectivity index (χ4n) is 3.24. The molecule has 0 aliphatic heterocycles. The largest absolute Gasteiger partial charge is 0.480 e. The molecule has 0 spiro atoms. The SMILES string of the molecule is Cc1cc(C)c(S(=O)(=O)NC2(C(=O)O)CCCC2)c(C)c1. The van der Waals surface area contributed by atoms with E-state index in [1.165, 1.54) is 0 Å². The number of rotatable bonds is 4. The van der Waals surface area contributed by atoms with E-state index in [9.17, 15) is 18.3 Å². The molecule has 0 saturated heterocycles. The topological polar surface area (TPSA) is 83.5 Å². The molecule has 0 heterocycles. The number of sulfonamides is 1. The first-order chi connectivity index (χ1) is 9.68. The highest BCUT2D eigenvalue weighted by atomic mass is 32.2. The normalized spacial score (nSPS) is 17.9. The van der Waals surface area contributed by atoms with E-state index in [0.29, 0.717) is 24.0 Å². The molecule has 5 nitrogen and oxygen atoms in total. The lowest BCUT2D eigenvalue weighted by atomic mass is 10.0. The second kappa shape index (κ2) is 5.42. The van der Waals surface area contributed by atoms with Gasteiger partial charge in [0.15, 0.2) is 0 Å². The van der Waals surface area contributed by atoms with Gasteiger partial charge in [-0.2, -0.15) is 4.72 Å². The third-order valence-corrected chi connectivity index (χ3v) is 5.91. The van der Waals surface area contributed by atoms with Gasteiger partial charge in [0.25, 0.3) is 0 Å². The van der Waals surface area contributed by atoms with Crippen molar-refractivity contribution >= 4 is 16.0 Å². The lowest BCUT2D eigenvalue weighted by molar-refractivity contribution is -0.143. The van der Waals surface area contributed by atoms with Crippen LogP contribution in [-0.2, 0) is 14.8 Å². The monoisotopic (exact) mass is 311 g/mol. The molecule has 1 aromatic rings. The minimum absolute atomic E-state index is 0.195. The lowest BCUT2D eigenvalue weighted by Gasteiger charge is -2.26. The van der Waals surface area contributed by atoms with Gasteiger partial charge >= 0.3 is 5.97 Å². The Labute approximate surface area is 125 Å². The van der Waals surface area contributed by atoms with Crippen LogP contribution in [0.5, 0.6) is 0 Å². The number of hydrogen-bond donors (Lipinski definition) is 2. The van der Waals surface area contributed by atoms with Crippen molar-refractivity contribution in [3.8, 4) is 0 Å². The molecule has 0 amide bonds. The average molecular weight is 311 g/mol. The van der Waals surface area contributed by atoms with Crippen LogP contribution in [0.1, 0.15) is 42.4 Å². The zero-order chi connectivity index (χ0) is 15.8. The van der Waals surface area contributed by atoms with Crippen LogP contribution in [0.25, 0.3) is 0 Å². The van der Waals surface area contributed by atoms with Crippen LogP contribution in [0.3, 0.4) is 0 Å². The van der Waals surface area contributed by atoms with E-state index in [4.69, 9.17) is 0 Å². The number of nitrogens with one attached hydrogen (secondary N) is 1. The summed E-state index contributed by atoms with van der Waals surface area (Å²) in [5, 5.41) is 9.43. The molecule has 0 unspecified atom stereocenters. The van der Waals surface area contributed by atoms with E-state index >= 15 is 0 Å². The van der Waals surface area contributed by atoms with Crippen LogP contribution in [-0.4, -0.2) is 25.0 Å². The Kier molecular flexibility index (Phi) is 4.13. The van der Waals surface area contributed by atoms with Crippen molar-refractivity contribution in [2.24, 2.45) is 0 Å². The van der Waals surface area contributed by atoms with Crippen molar-refractivity contribution in [3.63, 3.8) is 0 Å². The maximum atomic E-state index is 12.7. The molecule has 1 aliphatic rings. The van der Waals surface area contributed by atoms with Gasteiger partial charge in [-0.1, -0.05) is 30.5 Å². The minimum atomic E-state index is -3.86. The quantitative estimate of drug-likeness (QED) is 0.893. The fraction of sp³-hybridized carbons (Fsp3) is 0.533. The Morgan fingerprint density at radius 3 is 2.05 bits per heavy atom. The number of benzene rings is 1. The molecule has 1 aliphatic carbocycles. The first kappa shape index (κ1) is 16.0. The Hall–Kier alpha value is -1.40. The summed E-state index contributed by atoms with van der Waals surface area (Å²) in [6.07, 6.45) is 2.12. The third-order valence-electron chi connectivity index (χ3n) is 4.07. The van der Waals surface area contributed by atoms with Crippen molar-refractivity contribution in [2.75, 3.05) is 0 Å². The molecule has 1 fully saturated rings. The predicted octanol–water partition coefficient (Wildman–Crippen LogP) is 2.29. The molecule has 1 aromatic carbocycles. The zero-order valence-corrected chi connectivity index (χ0v) is 13.4. The Morgan fingerprint density at radius 2 is 1.62 bits per heavy atom. The van der Waals surface area contributed by atoms with E-state index in [-0.39, 0.29) is 4.90 Å². The van der Waals surface area contributed by atoms with Gasteiger partial charge in [0.1, 0.15) is 5.54 Å². The Morgan fingerprint density at radius 1 is 1.14 bits per heavy atom. The highest BCUT2D eigenvalue weighted by molar-refractivity contribution is 7.89. The number of hydrogen-bond acceptors (Lipinski definition) is 3. The smallest absolute Gasteiger partial charge is 0.324 e. The van der Waals surface area contributed by atoms with Crippen molar-refractivity contribution in [1.29, 1.82) is 0 Å². The first-order valence-corrected chi connectivity index (χ1v) is 8.51. The average Bonchev–Trinajstić information content (AvgIpc) is 2.75. The first-order valence-electron chi connectivity index (χ1n) is 7.03. The van der Waals surface area contributed by atoms with Gasteiger partial charge in [-0.05, 0) is 44.7 Å². The lowest BCUT2D eigenvalue weighted by Crippen LogP contribution is -2.52. The van der Waals surface area contributed by atoms with E-state index in [0.717, 1.165) is 18.4 Å². The Balaban J connectivity index is 2.46. The van der Waals surface area contributed by atoms with E-state index in [1.807, 2.05) is 6.92 Å². The van der Waals surface area contributed by atoms with Gasteiger partial charge in [-0.25, -0.2) is 8.42 Å². The molecular weight excluding hydrogens is 290 g/mol. The van der Waals surface area contributed by atoms with Gasteiger partial charge in [-0.15, -0.1) is 0 Å². The molecule has 21 heavy (non-hydrogen) atoms. The van der Waals surface area contributed by atoms with Crippen molar-refractivity contribution in [1.82, 2.24) is 4.72 Å². The molecular formula is C15H21NO4S. The van der Waals surface area contributed by atoms with Gasteiger partial charge in [-0.3, -0.25) is 4.79 Å². The van der Waals surface area contributed by atoms with Crippen molar-refractivity contribution in [2.45, 2.75) is 56.9 Å². The van der Waals surface area contributed by atoms with E-state index < -0.39 is 21.5 Å². The summed E-state index contributed by atoms with van der Waals surface area (Å²) in [6.45, 7) is 5.37. The number of carboxylic acids is 1. The van der Waals surface area contributed by atoms with Crippen LogP contribution >= 0.6 is 0 Å². The van der Waals surface area contributed by atoms with Crippen LogP contribution in [0, 0.1) is 20.8 Å². The Bertz CT molecular complexity index is 650. The van der Waals surface area contributed by atoms with E-state index in [2.05, 4.69) is 4.72 Å². The van der Waals surface area contributed by atoms with Crippen molar-refractivity contribution in [3.05, 3.63) is 28.8 Å². The highest BCUT2D eigenvalue weighted by Gasteiger charge is 2.45. The maximum Gasteiger partial charge on any atom is 0.324 e. The summed E-state index contributed by atoms with van der Waals surface area (Å²) < 4.78 is 27.8. The maximum absolute atomic E-state index is 12.7. The van der Waals surface area contributed by atoms with Crippen LogP contribution in [0.15, 0.2) is 17.0 Å². The number of carboxylic acid groups (broad SMARTS) is 1. The third kappa shape index (κ3) is 2.96. The summed E-state index contributed by atoms with van der Waals surface area (Å²) in [5.41, 5.74) is 0.901. The van der Waals surface area contributed by atoms with Crippen LogP contribution in [0.2, 0.25) is 0 Å². The summed E-state index contributed by atoms with van der Waals surface area (Å²) in [4.78, 5) is 11.7. The molecule has 0 aromatic heterocycles. The van der Waals surface area contributed by atoms with Gasteiger partial charge < -0.3 is 5.11 Å². The number of aryl methyl sites for hydroxylation is 3. The van der Waals surface area contributed by atoms with Crippen LogP contribution < -0.4 is 4.72 Å². The minimum Gasteiger partial charge on any atom is -0.480 e. The summed E-state index contributed by atoms with van der Waals surface area (Å²) >= 11 is 0. The molecule has 0 bridgehead atoms. The molecule has 6 heteroatoms. The summed E-state index contributed by atoms with van der Waals surface area (Å²) in [7, 11) is -3.86. The molecule has 2 N–H and O–H groups in total. The predicted molar refractivity (Wildman–Crippen MR) is 79.8 cm³/mol. The molecule has 1 saturated carbocycles. The zero-order valence-electron chi connectivity index (χ0n) is 12.6. The number of aliphatic carboxylic acids is 1. The molecule has 116 valence electrons. The highest BCUT2D eigenvalue weighted by Crippen LogP contribution is 2.32. The van der Waals surface area contributed by atoms with Crippen LogP contribution in [0.4, 0.5) is 0 Å². The number of carbonyl (C=O) groups is 1. The van der Waals surface area contributed by atoms with Gasteiger partial charge in [0.2, 0.25) is 10.0 Å².